The molecule has 1 aliphatic heterocycles. The van der Waals surface area contributed by atoms with Crippen molar-refractivity contribution in [3.8, 4) is 5.75 Å². The lowest BCUT2D eigenvalue weighted by molar-refractivity contribution is -0.117. The van der Waals surface area contributed by atoms with Crippen LogP contribution in [0.3, 0.4) is 0 Å². The number of amides is 2. The average molecular weight is 506 g/mol. The molecular formula is C22H16ClNO7S2. The third kappa shape index (κ3) is 4.24. The van der Waals surface area contributed by atoms with Gasteiger partial charge in [0.25, 0.3) is 5.91 Å². The fourth-order valence-electron chi connectivity index (χ4n) is 3.51. The van der Waals surface area contributed by atoms with E-state index in [9.17, 15) is 27.9 Å². The van der Waals surface area contributed by atoms with Gasteiger partial charge in [-0.1, -0.05) is 23.7 Å². The number of rotatable bonds is 6. The molecule has 170 valence electrons. The predicted molar refractivity (Wildman–Crippen MR) is 122 cm³/mol. The minimum Gasteiger partial charge on any atom is -0.497 e. The molecule has 0 unspecified atom stereocenters. The molecule has 0 saturated carbocycles. The smallest absolute Gasteiger partial charge is 0.346 e. The van der Waals surface area contributed by atoms with Crippen molar-refractivity contribution in [2.24, 2.45) is 0 Å². The SMILES string of the molecule is COc1ccc(CS(=O)(=O)c2ccc(Cl)c(N3C(=O)Cc4csc(C(=O)O)c4C3=O)c2)cc1. The average Bonchev–Trinajstić information content (AvgIpc) is 3.19. The van der Waals surface area contributed by atoms with Crippen LogP contribution < -0.4 is 9.64 Å². The van der Waals surface area contributed by atoms with Crippen molar-refractivity contribution in [3.05, 3.63) is 74.4 Å². The number of carboxylic acids is 1. The van der Waals surface area contributed by atoms with Gasteiger partial charge in [-0.25, -0.2) is 18.1 Å². The maximum absolute atomic E-state index is 13.1. The van der Waals surface area contributed by atoms with E-state index in [4.69, 9.17) is 16.3 Å². The van der Waals surface area contributed by atoms with Gasteiger partial charge < -0.3 is 9.84 Å². The van der Waals surface area contributed by atoms with Gasteiger partial charge in [0.1, 0.15) is 10.6 Å². The van der Waals surface area contributed by atoms with Gasteiger partial charge in [-0.05, 0) is 46.8 Å². The molecule has 4 rings (SSSR count). The summed E-state index contributed by atoms with van der Waals surface area (Å²) >= 11 is 7.09. The Bertz CT molecular complexity index is 1390. The number of fused-ring (bicyclic) bond motifs is 1. The van der Waals surface area contributed by atoms with E-state index in [0.717, 1.165) is 22.3 Å². The van der Waals surface area contributed by atoms with Crippen molar-refractivity contribution in [1.29, 1.82) is 0 Å². The number of imide groups is 1. The van der Waals surface area contributed by atoms with E-state index in [2.05, 4.69) is 0 Å². The summed E-state index contributed by atoms with van der Waals surface area (Å²) in [5, 5.41) is 10.8. The molecule has 0 spiro atoms. The third-order valence-electron chi connectivity index (χ3n) is 5.10. The predicted octanol–water partition coefficient (Wildman–Crippen LogP) is 3.81. The standard InChI is InChI=1S/C22H16ClNO7S2/c1-31-14-4-2-12(3-5-14)11-33(29,30)15-6-7-16(23)17(9-15)24-18(25)8-13-10-32-20(22(27)28)19(13)21(24)26/h2-7,9-10H,8,11H2,1H3,(H,27,28). The Kier molecular flexibility index (Phi) is 6.00. The molecule has 0 saturated heterocycles. The van der Waals surface area contributed by atoms with Crippen LogP contribution in [-0.4, -0.2) is 38.4 Å². The second kappa shape index (κ2) is 8.62. The van der Waals surface area contributed by atoms with E-state index in [1.165, 1.54) is 24.6 Å². The Morgan fingerprint density at radius 3 is 2.52 bits per heavy atom. The molecule has 1 N–H and O–H groups in total. The molecule has 0 aliphatic carbocycles. The highest BCUT2D eigenvalue weighted by molar-refractivity contribution is 7.90. The largest absolute Gasteiger partial charge is 0.497 e. The maximum Gasteiger partial charge on any atom is 0.346 e. The topological polar surface area (TPSA) is 118 Å². The monoisotopic (exact) mass is 505 g/mol. The summed E-state index contributed by atoms with van der Waals surface area (Å²) < 4.78 is 31.1. The molecule has 0 radical (unpaired) electrons. The van der Waals surface area contributed by atoms with Crippen molar-refractivity contribution in [3.63, 3.8) is 0 Å². The normalized spacial score (nSPS) is 13.7. The summed E-state index contributed by atoms with van der Waals surface area (Å²) in [7, 11) is -2.36. The molecule has 2 amide bonds. The van der Waals surface area contributed by atoms with Crippen molar-refractivity contribution >= 4 is 56.2 Å². The number of anilines is 1. The number of halogens is 1. The number of ether oxygens (including phenoxy) is 1. The van der Waals surface area contributed by atoms with Gasteiger partial charge in [0.15, 0.2) is 9.84 Å². The molecule has 0 fully saturated rings. The molecule has 2 heterocycles. The number of hydrogen-bond acceptors (Lipinski definition) is 7. The van der Waals surface area contributed by atoms with Gasteiger partial charge in [-0.3, -0.25) is 9.59 Å². The summed E-state index contributed by atoms with van der Waals surface area (Å²) in [6.07, 6.45) is -0.204. The van der Waals surface area contributed by atoms with E-state index in [0.29, 0.717) is 16.9 Å². The lowest BCUT2D eigenvalue weighted by Crippen LogP contribution is -2.42. The maximum atomic E-state index is 13.1. The fraction of sp³-hybridized carbons (Fsp3) is 0.136. The second-order valence-corrected chi connectivity index (χ2v) is 10.5. The van der Waals surface area contributed by atoms with Crippen LogP contribution in [0, 0.1) is 0 Å². The molecule has 2 aromatic carbocycles. The summed E-state index contributed by atoms with van der Waals surface area (Å²) in [5.41, 5.74) is 0.639. The number of carbonyl (C=O) groups excluding carboxylic acids is 2. The zero-order valence-electron chi connectivity index (χ0n) is 17.1. The number of sulfone groups is 1. The number of methoxy groups -OCH3 is 1. The molecule has 33 heavy (non-hydrogen) atoms. The van der Waals surface area contributed by atoms with Crippen LogP contribution in [-0.2, 0) is 26.8 Å². The van der Waals surface area contributed by atoms with Crippen molar-refractivity contribution < 1.29 is 32.6 Å². The molecule has 0 atom stereocenters. The van der Waals surface area contributed by atoms with Crippen LogP contribution in [0.1, 0.15) is 31.2 Å². The van der Waals surface area contributed by atoms with Crippen molar-refractivity contribution in [2.45, 2.75) is 17.1 Å². The molecule has 1 aromatic heterocycles. The Labute approximate surface area is 197 Å². The zero-order valence-corrected chi connectivity index (χ0v) is 19.5. The zero-order chi connectivity index (χ0) is 23.9. The number of benzene rings is 2. The molecular weight excluding hydrogens is 490 g/mol. The molecule has 8 nitrogen and oxygen atoms in total. The summed E-state index contributed by atoms with van der Waals surface area (Å²) in [5.74, 6) is -2.51. The second-order valence-electron chi connectivity index (χ2n) is 7.20. The van der Waals surface area contributed by atoms with Gasteiger partial charge in [-0.2, -0.15) is 0 Å². The lowest BCUT2D eigenvalue weighted by Gasteiger charge is -2.26. The van der Waals surface area contributed by atoms with Crippen LogP contribution >= 0.6 is 22.9 Å². The summed E-state index contributed by atoms with van der Waals surface area (Å²) in [6.45, 7) is 0. The number of carboxylic acid groups (broad SMARTS) is 1. The van der Waals surface area contributed by atoms with Gasteiger partial charge in [0.05, 0.1) is 40.5 Å². The highest BCUT2D eigenvalue weighted by Crippen LogP contribution is 2.36. The first-order valence-electron chi connectivity index (χ1n) is 9.48. The fourth-order valence-corrected chi connectivity index (χ4v) is 5.97. The first-order valence-corrected chi connectivity index (χ1v) is 12.4. The van der Waals surface area contributed by atoms with Crippen LogP contribution in [0.5, 0.6) is 5.75 Å². The Balaban J connectivity index is 1.72. The van der Waals surface area contributed by atoms with Crippen LogP contribution in [0.4, 0.5) is 5.69 Å². The molecule has 1 aliphatic rings. The van der Waals surface area contributed by atoms with E-state index in [-0.39, 0.29) is 38.2 Å². The van der Waals surface area contributed by atoms with Gasteiger partial charge >= 0.3 is 5.97 Å². The number of aromatic carboxylic acids is 1. The van der Waals surface area contributed by atoms with Crippen LogP contribution in [0.15, 0.2) is 52.7 Å². The minimum absolute atomic E-state index is 0.0179. The van der Waals surface area contributed by atoms with E-state index >= 15 is 0 Å². The number of nitrogens with zero attached hydrogens (tertiary/aromatic N) is 1. The highest BCUT2D eigenvalue weighted by atomic mass is 35.5. The first kappa shape index (κ1) is 23.0. The summed E-state index contributed by atoms with van der Waals surface area (Å²) in [6, 6.07) is 10.3. The van der Waals surface area contributed by atoms with Crippen LogP contribution in [0.25, 0.3) is 0 Å². The summed E-state index contributed by atoms with van der Waals surface area (Å²) in [4.78, 5) is 37.8. The quantitative estimate of drug-likeness (QED) is 0.506. The van der Waals surface area contributed by atoms with Gasteiger partial charge in [-0.15, -0.1) is 11.3 Å². The first-order chi connectivity index (χ1) is 15.6. The third-order valence-corrected chi connectivity index (χ3v) is 8.12. The van der Waals surface area contributed by atoms with E-state index in [1.54, 1.807) is 24.3 Å². The van der Waals surface area contributed by atoms with E-state index in [1.807, 2.05) is 0 Å². The van der Waals surface area contributed by atoms with E-state index < -0.39 is 27.6 Å². The van der Waals surface area contributed by atoms with Crippen molar-refractivity contribution in [2.75, 3.05) is 12.0 Å². The number of thiophene rings is 1. The Morgan fingerprint density at radius 2 is 1.88 bits per heavy atom. The molecule has 0 bridgehead atoms. The Hall–Kier alpha value is -3.21. The Morgan fingerprint density at radius 1 is 1.18 bits per heavy atom. The molecule has 11 heteroatoms. The van der Waals surface area contributed by atoms with Crippen molar-refractivity contribution in [1.82, 2.24) is 0 Å². The highest BCUT2D eigenvalue weighted by Gasteiger charge is 2.38. The molecule has 3 aromatic rings. The number of carbonyl (C=O) groups is 3. The lowest BCUT2D eigenvalue weighted by atomic mass is 10.0. The number of hydrogen-bond donors (Lipinski definition) is 1. The van der Waals surface area contributed by atoms with Crippen LogP contribution in [0.2, 0.25) is 5.02 Å². The van der Waals surface area contributed by atoms with Gasteiger partial charge in [0.2, 0.25) is 5.91 Å². The minimum atomic E-state index is -3.86. The van der Waals surface area contributed by atoms with Gasteiger partial charge in [0, 0.05) is 0 Å².